The molecule has 0 saturated heterocycles. The molecule has 3 N–H and O–H groups in total. The van der Waals surface area contributed by atoms with E-state index in [-0.39, 0.29) is 6.01 Å². The highest BCUT2D eigenvalue weighted by atomic mass is 16.5. The van der Waals surface area contributed by atoms with Crippen LogP contribution in [0, 0.1) is 0 Å². The van der Waals surface area contributed by atoms with Crippen molar-refractivity contribution in [3.05, 3.63) is 5.82 Å². The van der Waals surface area contributed by atoms with E-state index in [2.05, 4.69) is 26.9 Å². The Bertz CT molecular complexity index is 479. The van der Waals surface area contributed by atoms with Gasteiger partial charge in [-0.25, -0.2) is 4.98 Å². The second-order valence-corrected chi connectivity index (χ2v) is 3.23. The number of hydrogen-bond acceptors (Lipinski definition) is 5. The SMILES string of the molecule is CCCc1nc2nc(OC)nc(N)c2[nH]1. The summed E-state index contributed by atoms with van der Waals surface area (Å²) in [5.74, 6) is 1.24. The monoisotopic (exact) mass is 207 g/mol. The average molecular weight is 207 g/mol. The number of nitrogens with two attached hydrogens (primary N) is 1. The van der Waals surface area contributed by atoms with Gasteiger partial charge in [0.1, 0.15) is 11.3 Å². The third kappa shape index (κ3) is 1.70. The molecule has 0 saturated carbocycles. The molecule has 0 aliphatic heterocycles. The Morgan fingerprint density at radius 2 is 2.13 bits per heavy atom. The minimum atomic E-state index is 0.245. The number of imidazole rings is 1. The smallest absolute Gasteiger partial charge is 0.320 e. The number of aryl methyl sites for hydroxylation is 1. The van der Waals surface area contributed by atoms with Crippen molar-refractivity contribution in [2.45, 2.75) is 19.8 Å². The van der Waals surface area contributed by atoms with Crippen LogP contribution in [0.25, 0.3) is 11.2 Å². The van der Waals surface area contributed by atoms with Crippen molar-refractivity contribution >= 4 is 17.0 Å². The third-order valence-electron chi connectivity index (χ3n) is 2.08. The maximum atomic E-state index is 5.74. The highest BCUT2D eigenvalue weighted by molar-refractivity contribution is 5.81. The molecule has 2 aromatic rings. The highest BCUT2D eigenvalue weighted by Gasteiger charge is 2.10. The van der Waals surface area contributed by atoms with E-state index in [4.69, 9.17) is 10.5 Å². The van der Waals surface area contributed by atoms with Crippen LogP contribution in [-0.4, -0.2) is 27.0 Å². The van der Waals surface area contributed by atoms with Crippen LogP contribution in [-0.2, 0) is 6.42 Å². The van der Waals surface area contributed by atoms with Crippen molar-refractivity contribution in [1.82, 2.24) is 19.9 Å². The lowest BCUT2D eigenvalue weighted by molar-refractivity contribution is 0.382. The quantitative estimate of drug-likeness (QED) is 0.780. The number of H-pyrrole nitrogens is 1. The molecule has 2 aromatic heterocycles. The fourth-order valence-corrected chi connectivity index (χ4v) is 1.39. The normalized spacial score (nSPS) is 10.8. The number of hydrogen-bond donors (Lipinski definition) is 2. The van der Waals surface area contributed by atoms with Crippen LogP contribution in [0.2, 0.25) is 0 Å². The molecule has 0 bridgehead atoms. The topological polar surface area (TPSA) is 89.7 Å². The van der Waals surface area contributed by atoms with Crippen molar-refractivity contribution in [3.63, 3.8) is 0 Å². The van der Waals surface area contributed by atoms with Crippen LogP contribution < -0.4 is 10.5 Å². The lowest BCUT2D eigenvalue weighted by atomic mass is 10.3. The molecule has 0 aliphatic rings. The molecular formula is C9H13N5O. The molecule has 6 heteroatoms. The van der Waals surface area contributed by atoms with E-state index >= 15 is 0 Å². The highest BCUT2D eigenvalue weighted by Crippen LogP contribution is 2.18. The molecule has 80 valence electrons. The molecule has 0 fully saturated rings. The number of nitrogens with zero attached hydrogens (tertiary/aromatic N) is 3. The van der Waals surface area contributed by atoms with Crippen molar-refractivity contribution in [2.24, 2.45) is 0 Å². The number of anilines is 1. The number of fused-ring (bicyclic) bond motifs is 1. The molecule has 0 aliphatic carbocycles. The van der Waals surface area contributed by atoms with E-state index in [0.29, 0.717) is 17.0 Å². The molecule has 2 heterocycles. The standard InChI is InChI=1S/C9H13N5O/c1-3-4-5-11-6-7(10)13-9(15-2)14-8(6)12-5/h3-4H2,1-2H3,(H3,10,11,12,13,14). The van der Waals surface area contributed by atoms with Gasteiger partial charge in [-0.1, -0.05) is 6.92 Å². The molecule has 0 atom stereocenters. The molecule has 0 unspecified atom stereocenters. The first-order chi connectivity index (χ1) is 7.24. The van der Waals surface area contributed by atoms with Crippen molar-refractivity contribution in [3.8, 4) is 6.01 Å². The Hall–Kier alpha value is -1.85. The summed E-state index contributed by atoms with van der Waals surface area (Å²) in [5, 5.41) is 0. The van der Waals surface area contributed by atoms with E-state index in [0.717, 1.165) is 18.7 Å². The average Bonchev–Trinajstić information content (AvgIpc) is 2.61. The zero-order valence-electron chi connectivity index (χ0n) is 8.74. The summed E-state index contributed by atoms with van der Waals surface area (Å²) in [6.45, 7) is 2.09. The molecule has 0 spiro atoms. The Morgan fingerprint density at radius 1 is 1.33 bits per heavy atom. The van der Waals surface area contributed by atoms with E-state index in [1.807, 2.05) is 0 Å². The summed E-state index contributed by atoms with van der Waals surface area (Å²) in [4.78, 5) is 15.5. The van der Waals surface area contributed by atoms with Crippen LogP contribution in [0.15, 0.2) is 0 Å². The maximum Gasteiger partial charge on any atom is 0.320 e. The zero-order valence-corrected chi connectivity index (χ0v) is 8.74. The van der Waals surface area contributed by atoms with Gasteiger partial charge in [0.25, 0.3) is 0 Å². The Morgan fingerprint density at radius 3 is 2.80 bits per heavy atom. The first kappa shape index (κ1) is 9.70. The van der Waals surface area contributed by atoms with Gasteiger partial charge in [-0.3, -0.25) is 0 Å². The van der Waals surface area contributed by atoms with Gasteiger partial charge >= 0.3 is 6.01 Å². The van der Waals surface area contributed by atoms with E-state index in [9.17, 15) is 0 Å². The number of nitrogens with one attached hydrogen (secondary N) is 1. The first-order valence-electron chi connectivity index (χ1n) is 4.80. The second kappa shape index (κ2) is 3.72. The van der Waals surface area contributed by atoms with Crippen LogP contribution >= 0.6 is 0 Å². The molecule has 0 amide bonds. The van der Waals surface area contributed by atoms with E-state index in [1.54, 1.807) is 0 Å². The molecule has 0 aromatic carbocycles. The van der Waals surface area contributed by atoms with Gasteiger partial charge in [0.05, 0.1) is 7.11 Å². The maximum absolute atomic E-state index is 5.74. The minimum Gasteiger partial charge on any atom is -0.467 e. The van der Waals surface area contributed by atoms with Crippen molar-refractivity contribution in [1.29, 1.82) is 0 Å². The largest absolute Gasteiger partial charge is 0.467 e. The Balaban J connectivity index is 2.54. The van der Waals surface area contributed by atoms with Gasteiger partial charge in [0.15, 0.2) is 11.5 Å². The summed E-state index contributed by atoms with van der Waals surface area (Å²) in [7, 11) is 1.50. The van der Waals surface area contributed by atoms with Gasteiger partial charge in [-0.15, -0.1) is 0 Å². The van der Waals surface area contributed by atoms with Gasteiger partial charge < -0.3 is 15.5 Å². The predicted molar refractivity (Wildman–Crippen MR) is 56.6 cm³/mol. The summed E-state index contributed by atoms with van der Waals surface area (Å²) in [5.41, 5.74) is 6.98. The van der Waals surface area contributed by atoms with E-state index < -0.39 is 0 Å². The Labute approximate surface area is 86.9 Å². The second-order valence-electron chi connectivity index (χ2n) is 3.23. The van der Waals surface area contributed by atoms with Gasteiger partial charge in [0, 0.05) is 6.42 Å². The molecule has 6 nitrogen and oxygen atoms in total. The Kier molecular flexibility index (Phi) is 2.40. The molecule has 15 heavy (non-hydrogen) atoms. The molecular weight excluding hydrogens is 194 g/mol. The fourth-order valence-electron chi connectivity index (χ4n) is 1.39. The third-order valence-corrected chi connectivity index (χ3v) is 2.08. The predicted octanol–water partition coefficient (Wildman–Crippen LogP) is 0.896. The molecule has 2 rings (SSSR count). The lowest BCUT2D eigenvalue weighted by Crippen LogP contribution is -1.98. The number of methoxy groups -OCH3 is 1. The summed E-state index contributed by atoms with van der Waals surface area (Å²) < 4.78 is 4.92. The van der Waals surface area contributed by atoms with Gasteiger partial charge in [-0.2, -0.15) is 9.97 Å². The van der Waals surface area contributed by atoms with Crippen LogP contribution in [0.3, 0.4) is 0 Å². The number of ether oxygens (including phenoxy) is 1. The van der Waals surface area contributed by atoms with Gasteiger partial charge in [-0.05, 0) is 6.42 Å². The summed E-state index contributed by atoms with van der Waals surface area (Å²) in [6, 6.07) is 0.245. The molecule has 0 radical (unpaired) electrons. The minimum absolute atomic E-state index is 0.245. The number of aromatic amines is 1. The van der Waals surface area contributed by atoms with Crippen LogP contribution in [0.4, 0.5) is 5.82 Å². The fraction of sp³-hybridized carbons (Fsp3) is 0.444. The van der Waals surface area contributed by atoms with Crippen molar-refractivity contribution in [2.75, 3.05) is 12.8 Å². The first-order valence-corrected chi connectivity index (χ1v) is 4.80. The lowest BCUT2D eigenvalue weighted by Gasteiger charge is -1.98. The van der Waals surface area contributed by atoms with Crippen LogP contribution in [0.5, 0.6) is 6.01 Å². The summed E-state index contributed by atoms with van der Waals surface area (Å²) >= 11 is 0. The van der Waals surface area contributed by atoms with Crippen molar-refractivity contribution < 1.29 is 4.74 Å². The number of nitrogen functional groups attached to an aromatic ring is 1. The van der Waals surface area contributed by atoms with Crippen LogP contribution in [0.1, 0.15) is 19.2 Å². The number of aromatic nitrogens is 4. The number of rotatable bonds is 3. The van der Waals surface area contributed by atoms with E-state index in [1.165, 1.54) is 7.11 Å². The van der Waals surface area contributed by atoms with Gasteiger partial charge in [0.2, 0.25) is 0 Å². The zero-order chi connectivity index (χ0) is 10.8. The summed E-state index contributed by atoms with van der Waals surface area (Å²) in [6.07, 6.45) is 1.89.